The first-order valence-corrected chi connectivity index (χ1v) is 4.52. The minimum atomic E-state index is -0.0794. The molecule has 0 saturated carbocycles. The summed E-state index contributed by atoms with van der Waals surface area (Å²) >= 11 is 0. The third-order valence-corrected chi connectivity index (χ3v) is 1.93. The van der Waals surface area contributed by atoms with Gasteiger partial charge in [-0.15, -0.1) is 0 Å². The summed E-state index contributed by atoms with van der Waals surface area (Å²) in [5.74, 6) is 0.522. The van der Waals surface area contributed by atoms with E-state index in [1.165, 1.54) is 0 Å². The molecular formula is C10H14N2O3. The number of aliphatic hydroxyl groups excluding tert-OH is 1. The van der Waals surface area contributed by atoms with Crippen LogP contribution in [0.25, 0.3) is 0 Å². The van der Waals surface area contributed by atoms with Crippen LogP contribution in [0.5, 0.6) is 5.75 Å². The van der Waals surface area contributed by atoms with Gasteiger partial charge in [0, 0.05) is 0 Å². The number of oxime groups is 1. The molecule has 0 bridgehead atoms. The van der Waals surface area contributed by atoms with Crippen molar-refractivity contribution >= 4 is 5.84 Å². The zero-order valence-electron chi connectivity index (χ0n) is 8.47. The molecule has 0 atom stereocenters. The highest BCUT2D eigenvalue weighted by molar-refractivity contribution is 5.99. The second kappa shape index (κ2) is 5.21. The van der Waals surface area contributed by atoms with E-state index in [1.54, 1.807) is 12.1 Å². The van der Waals surface area contributed by atoms with E-state index in [1.807, 2.05) is 13.0 Å². The summed E-state index contributed by atoms with van der Waals surface area (Å²) in [5, 5.41) is 20.2. The Hall–Kier alpha value is -1.75. The molecule has 5 nitrogen and oxygen atoms in total. The lowest BCUT2D eigenvalue weighted by Crippen LogP contribution is -2.16. The third-order valence-electron chi connectivity index (χ3n) is 1.93. The summed E-state index contributed by atoms with van der Waals surface area (Å²) in [6.45, 7) is 1.95. The number of rotatable bonds is 4. The maximum absolute atomic E-state index is 8.67. The van der Waals surface area contributed by atoms with E-state index in [0.717, 1.165) is 5.56 Å². The number of hydrogen-bond donors (Lipinski definition) is 3. The second-order valence-electron chi connectivity index (χ2n) is 3.01. The molecule has 0 saturated heterocycles. The maximum Gasteiger partial charge on any atom is 0.173 e. The van der Waals surface area contributed by atoms with Crippen molar-refractivity contribution in [3.8, 4) is 5.75 Å². The average molecular weight is 210 g/mol. The highest BCUT2D eigenvalue weighted by Crippen LogP contribution is 2.22. The second-order valence-corrected chi connectivity index (χ2v) is 3.01. The molecule has 0 unspecified atom stereocenters. The molecule has 15 heavy (non-hydrogen) atoms. The van der Waals surface area contributed by atoms with Gasteiger partial charge >= 0.3 is 0 Å². The van der Waals surface area contributed by atoms with Crippen molar-refractivity contribution in [1.29, 1.82) is 0 Å². The number of nitrogens with two attached hydrogens (primary N) is 1. The zero-order chi connectivity index (χ0) is 11.3. The first-order chi connectivity index (χ1) is 7.20. The molecule has 82 valence electrons. The Kier molecular flexibility index (Phi) is 3.93. The van der Waals surface area contributed by atoms with Gasteiger partial charge < -0.3 is 20.8 Å². The lowest BCUT2D eigenvalue weighted by atomic mass is 10.1. The fourth-order valence-corrected chi connectivity index (χ4v) is 1.25. The lowest BCUT2D eigenvalue weighted by molar-refractivity contribution is 0.200. The molecule has 1 aromatic carbocycles. The van der Waals surface area contributed by atoms with Crippen LogP contribution in [0, 0.1) is 6.92 Å². The number of aliphatic hydroxyl groups is 1. The van der Waals surface area contributed by atoms with Crippen LogP contribution in [0.15, 0.2) is 23.4 Å². The van der Waals surface area contributed by atoms with Gasteiger partial charge in [-0.25, -0.2) is 0 Å². The number of para-hydroxylation sites is 1. The Labute approximate surface area is 87.8 Å². The van der Waals surface area contributed by atoms with Crippen LogP contribution in [0.4, 0.5) is 0 Å². The van der Waals surface area contributed by atoms with Gasteiger partial charge in [0.15, 0.2) is 5.84 Å². The summed E-state index contributed by atoms with van der Waals surface area (Å²) in [4.78, 5) is 0. The van der Waals surface area contributed by atoms with Crippen molar-refractivity contribution in [2.24, 2.45) is 10.9 Å². The number of aryl methyl sites for hydroxylation is 1. The Bertz CT molecular complexity index is 364. The monoisotopic (exact) mass is 210 g/mol. The molecule has 0 aromatic heterocycles. The molecule has 1 aromatic rings. The molecule has 1 rings (SSSR count). The fourth-order valence-electron chi connectivity index (χ4n) is 1.25. The van der Waals surface area contributed by atoms with E-state index >= 15 is 0 Å². The Morgan fingerprint density at radius 3 is 2.87 bits per heavy atom. The third kappa shape index (κ3) is 2.60. The Morgan fingerprint density at radius 2 is 2.27 bits per heavy atom. The van der Waals surface area contributed by atoms with Gasteiger partial charge in [0.05, 0.1) is 12.2 Å². The summed E-state index contributed by atoms with van der Waals surface area (Å²) in [6.07, 6.45) is 0. The fraction of sp³-hybridized carbons (Fsp3) is 0.300. The van der Waals surface area contributed by atoms with Crippen molar-refractivity contribution < 1.29 is 15.1 Å². The summed E-state index contributed by atoms with van der Waals surface area (Å²) in [5.41, 5.74) is 6.88. The highest BCUT2D eigenvalue weighted by atomic mass is 16.5. The number of hydrogen-bond acceptors (Lipinski definition) is 4. The predicted octanol–water partition coefficient (Wildman–Crippen LogP) is 0.461. The quantitative estimate of drug-likeness (QED) is 0.291. The number of amidine groups is 1. The van der Waals surface area contributed by atoms with Crippen LogP contribution in [0.2, 0.25) is 0 Å². The number of nitrogens with zero attached hydrogens (tertiary/aromatic N) is 1. The molecule has 5 heteroatoms. The molecule has 0 amide bonds. The van der Waals surface area contributed by atoms with Crippen LogP contribution in [-0.4, -0.2) is 29.4 Å². The topological polar surface area (TPSA) is 88.1 Å². The van der Waals surface area contributed by atoms with Gasteiger partial charge in [-0.2, -0.15) is 0 Å². The van der Waals surface area contributed by atoms with Gasteiger partial charge in [-0.05, 0) is 18.6 Å². The first-order valence-electron chi connectivity index (χ1n) is 4.52. The van der Waals surface area contributed by atoms with Crippen LogP contribution >= 0.6 is 0 Å². The molecule has 4 N–H and O–H groups in total. The minimum absolute atomic E-state index is 0.00774. The van der Waals surface area contributed by atoms with Gasteiger partial charge in [0.1, 0.15) is 12.4 Å². The lowest BCUT2D eigenvalue weighted by Gasteiger charge is -2.12. The summed E-state index contributed by atoms with van der Waals surface area (Å²) < 4.78 is 5.32. The van der Waals surface area contributed by atoms with Gasteiger partial charge in [0.2, 0.25) is 0 Å². The van der Waals surface area contributed by atoms with Crippen LogP contribution in [0.1, 0.15) is 11.1 Å². The smallest absolute Gasteiger partial charge is 0.173 e. The van der Waals surface area contributed by atoms with Crippen molar-refractivity contribution in [2.45, 2.75) is 6.92 Å². The van der Waals surface area contributed by atoms with Gasteiger partial charge in [-0.1, -0.05) is 17.3 Å². The predicted molar refractivity (Wildman–Crippen MR) is 56.3 cm³/mol. The molecule has 0 heterocycles. The normalized spacial score (nSPS) is 11.5. The van der Waals surface area contributed by atoms with Crippen LogP contribution < -0.4 is 10.5 Å². The van der Waals surface area contributed by atoms with E-state index in [2.05, 4.69) is 5.16 Å². The largest absolute Gasteiger partial charge is 0.490 e. The van der Waals surface area contributed by atoms with E-state index in [4.69, 9.17) is 20.8 Å². The maximum atomic E-state index is 8.67. The van der Waals surface area contributed by atoms with Crippen LogP contribution in [0.3, 0.4) is 0 Å². The zero-order valence-corrected chi connectivity index (χ0v) is 8.47. The van der Waals surface area contributed by atoms with Crippen molar-refractivity contribution in [3.63, 3.8) is 0 Å². The minimum Gasteiger partial charge on any atom is -0.490 e. The number of benzene rings is 1. The van der Waals surface area contributed by atoms with E-state index in [9.17, 15) is 0 Å². The SMILES string of the molecule is Cc1cccc(/C(N)=N/O)c1OCCO. The van der Waals surface area contributed by atoms with Gasteiger partial charge in [-0.3, -0.25) is 0 Å². The highest BCUT2D eigenvalue weighted by Gasteiger charge is 2.10. The Morgan fingerprint density at radius 1 is 1.53 bits per heavy atom. The van der Waals surface area contributed by atoms with Crippen molar-refractivity contribution in [2.75, 3.05) is 13.2 Å². The summed E-state index contributed by atoms with van der Waals surface area (Å²) in [7, 11) is 0. The average Bonchev–Trinajstić information content (AvgIpc) is 2.26. The summed E-state index contributed by atoms with van der Waals surface area (Å²) in [6, 6.07) is 5.32. The molecule has 0 spiro atoms. The Balaban J connectivity index is 3.08. The van der Waals surface area contributed by atoms with Crippen molar-refractivity contribution in [1.82, 2.24) is 0 Å². The van der Waals surface area contributed by atoms with E-state index in [0.29, 0.717) is 11.3 Å². The van der Waals surface area contributed by atoms with Crippen LogP contribution in [-0.2, 0) is 0 Å². The standard InChI is InChI=1S/C10H14N2O3/c1-7-3-2-4-8(10(11)12-14)9(7)15-6-5-13/h2-4,13-14H,5-6H2,1H3,(H2,11,12). The van der Waals surface area contributed by atoms with E-state index < -0.39 is 0 Å². The molecule has 0 fully saturated rings. The van der Waals surface area contributed by atoms with E-state index in [-0.39, 0.29) is 19.0 Å². The van der Waals surface area contributed by atoms with Crippen molar-refractivity contribution in [3.05, 3.63) is 29.3 Å². The molecule has 0 aliphatic carbocycles. The molecule has 0 aliphatic heterocycles. The molecule has 0 radical (unpaired) electrons. The number of ether oxygens (including phenoxy) is 1. The molecule has 0 aliphatic rings. The van der Waals surface area contributed by atoms with Gasteiger partial charge in [0.25, 0.3) is 0 Å². The first kappa shape index (κ1) is 11.3. The molecular weight excluding hydrogens is 196 g/mol.